The van der Waals surface area contributed by atoms with Gasteiger partial charge >= 0.3 is 5.69 Å². The lowest BCUT2D eigenvalue weighted by atomic mass is 10.0. The van der Waals surface area contributed by atoms with E-state index in [2.05, 4.69) is 29.5 Å². The third-order valence-electron chi connectivity index (χ3n) is 3.29. The third kappa shape index (κ3) is 4.08. The van der Waals surface area contributed by atoms with Crippen LogP contribution in [0.25, 0.3) is 0 Å². The topological polar surface area (TPSA) is 80.1 Å². The molecule has 2 N–H and O–H groups in total. The average Bonchev–Trinajstić information content (AvgIpc) is 2.38. The van der Waals surface area contributed by atoms with Crippen LogP contribution in [0.2, 0.25) is 0 Å². The quantitative estimate of drug-likeness (QED) is 0.585. The Hall–Kier alpha value is -1.85. The number of pyridine rings is 1. The molecule has 0 aliphatic heterocycles. The van der Waals surface area contributed by atoms with Crippen LogP contribution in [-0.2, 0) is 0 Å². The molecule has 6 heteroatoms. The molecule has 0 saturated carbocycles. The number of nitrogens with one attached hydrogen (secondary N) is 2. The van der Waals surface area contributed by atoms with Crippen molar-refractivity contribution in [3.63, 3.8) is 0 Å². The smallest absolute Gasteiger partial charge is 0.311 e. The van der Waals surface area contributed by atoms with Crippen molar-refractivity contribution >= 4 is 17.3 Å². The van der Waals surface area contributed by atoms with E-state index in [1.165, 1.54) is 6.07 Å². The maximum Gasteiger partial charge on any atom is 0.311 e. The summed E-state index contributed by atoms with van der Waals surface area (Å²) in [5, 5.41) is 17.2. The molecule has 2 unspecified atom stereocenters. The number of hydrogen-bond donors (Lipinski definition) is 2. The number of rotatable bonds is 7. The fourth-order valence-electron chi connectivity index (χ4n) is 1.70. The highest BCUT2D eigenvalue weighted by Crippen LogP contribution is 2.26. The highest BCUT2D eigenvalue weighted by Gasteiger charge is 2.19. The van der Waals surface area contributed by atoms with Gasteiger partial charge in [-0.05, 0) is 25.8 Å². The number of hydrogen-bond acceptors (Lipinski definition) is 5. The van der Waals surface area contributed by atoms with Crippen LogP contribution >= 0.6 is 0 Å². The molecule has 0 saturated heterocycles. The molecule has 6 nitrogen and oxygen atoms in total. The molecular formula is C13H22N4O2. The van der Waals surface area contributed by atoms with Crippen LogP contribution in [0.5, 0.6) is 0 Å². The lowest BCUT2D eigenvalue weighted by molar-refractivity contribution is -0.384. The molecule has 1 rings (SSSR count). The fraction of sp³-hybridized carbons (Fsp3) is 0.615. The van der Waals surface area contributed by atoms with Gasteiger partial charge in [0.15, 0.2) is 0 Å². The van der Waals surface area contributed by atoms with Crippen molar-refractivity contribution < 1.29 is 4.92 Å². The Balaban J connectivity index is 3.00. The molecular weight excluding hydrogens is 244 g/mol. The minimum Gasteiger partial charge on any atom is -0.370 e. The zero-order valence-corrected chi connectivity index (χ0v) is 11.9. The summed E-state index contributed by atoms with van der Waals surface area (Å²) in [6.07, 6.45) is 1.01. The van der Waals surface area contributed by atoms with E-state index in [0.717, 1.165) is 13.0 Å². The Morgan fingerprint density at radius 1 is 1.37 bits per heavy atom. The zero-order valence-electron chi connectivity index (χ0n) is 11.9. The Kier molecular flexibility index (Phi) is 5.54. The molecule has 0 aliphatic carbocycles. The van der Waals surface area contributed by atoms with Crippen molar-refractivity contribution in [2.75, 3.05) is 17.2 Å². The first-order valence-electron chi connectivity index (χ1n) is 6.65. The molecule has 1 heterocycles. The van der Waals surface area contributed by atoms with Gasteiger partial charge in [0, 0.05) is 18.7 Å². The summed E-state index contributed by atoms with van der Waals surface area (Å²) in [5.41, 5.74) is 0.0109. The maximum absolute atomic E-state index is 11.0. The van der Waals surface area contributed by atoms with Crippen molar-refractivity contribution in [1.29, 1.82) is 0 Å². The minimum absolute atomic E-state index is 0.0109. The van der Waals surface area contributed by atoms with Gasteiger partial charge < -0.3 is 10.6 Å². The second kappa shape index (κ2) is 6.92. The van der Waals surface area contributed by atoms with Crippen molar-refractivity contribution in [3.8, 4) is 0 Å². The second-order valence-corrected chi connectivity index (χ2v) is 4.67. The molecule has 1 aromatic heterocycles. The van der Waals surface area contributed by atoms with Crippen molar-refractivity contribution in [2.45, 2.75) is 40.2 Å². The van der Waals surface area contributed by atoms with E-state index in [0.29, 0.717) is 17.6 Å². The molecule has 0 bridgehead atoms. The molecule has 0 fully saturated rings. The minimum atomic E-state index is -0.408. The van der Waals surface area contributed by atoms with Gasteiger partial charge in [-0.3, -0.25) is 10.1 Å². The van der Waals surface area contributed by atoms with Crippen LogP contribution in [0, 0.1) is 16.0 Å². The van der Waals surface area contributed by atoms with Gasteiger partial charge in [-0.1, -0.05) is 20.3 Å². The Morgan fingerprint density at radius 3 is 2.58 bits per heavy atom. The fourth-order valence-corrected chi connectivity index (χ4v) is 1.70. The first-order chi connectivity index (χ1) is 8.99. The number of nitrogens with zero attached hydrogens (tertiary/aromatic N) is 2. The summed E-state index contributed by atoms with van der Waals surface area (Å²) in [4.78, 5) is 14.9. The highest BCUT2D eigenvalue weighted by molar-refractivity contribution is 5.60. The average molecular weight is 266 g/mol. The van der Waals surface area contributed by atoms with Crippen molar-refractivity contribution in [2.24, 2.45) is 5.92 Å². The normalized spacial score (nSPS) is 13.7. The zero-order chi connectivity index (χ0) is 14.4. The Labute approximate surface area is 113 Å². The van der Waals surface area contributed by atoms with E-state index in [1.807, 2.05) is 13.8 Å². The summed E-state index contributed by atoms with van der Waals surface area (Å²) in [7, 11) is 0. The van der Waals surface area contributed by atoms with E-state index in [4.69, 9.17) is 0 Å². The molecule has 106 valence electrons. The summed E-state index contributed by atoms with van der Waals surface area (Å²) in [6, 6.07) is 3.24. The third-order valence-corrected chi connectivity index (χ3v) is 3.29. The molecule has 0 aliphatic rings. The standard InChI is InChI=1S/C13H22N4O2/c1-5-9(3)10(4)15-13-11(17(18)19)7-8-12(16-13)14-6-2/h7-10H,5-6H2,1-4H3,(H2,14,15,16). The van der Waals surface area contributed by atoms with Gasteiger partial charge in [0.2, 0.25) is 5.82 Å². The van der Waals surface area contributed by atoms with E-state index < -0.39 is 4.92 Å². The molecule has 2 atom stereocenters. The molecule has 1 aromatic rings. The van der Waals surface area contributed by atoms with Crippen molar-refractivity contribution in [3.05, 3.63) is 22.2 Å². The summed E-state index contributed by atoms with van der Waals surface area (Å²) in [6.45, 7) is 8.90. The van der Waals surface area contributed by atoms with Gasteiger partial charge in [0.1, 0.15) is 5.82 Å². The first kappa shape index (κ1) is 15.2. The Morgan fingerprint density at radius 2 is 2.05 bits per heavy atom. The van der Waals surface area contributed by atoms with Crippen molar-refractivity contribution in [1.82, 2.24) is 4.98 Å². The Bertz CT molecular complexity index is 437. The summed E-state index contributed by atoms with van der Waals surface area (Å²) in [5.74, 6) is 1.40. The van der Waals surface area contributed by atoms with E-state index in [-0.39, 0.29) is 11.7 Å². The van der Waals surface area contributed by atoms with Gasteiger partial charge in [-0.25, -0.2) is 4.98 Å². The summed E-state index contributed by atoms with van der Waals surface area (Å²) < 4.78 is 0. The maximum atomic E-state index is 11.0. The van der Waals surface area contributed by atoms with Crippen LogP contribution in [0.15, 0.2) is 12.1 Å². The first-order valence-corrected chi connectivity index (χ1v) is 6.65. The number of anilines is 2. The van der Waals surface area contributed by atoms with E-state index >= 15 is 0 Å². The van der Waals surface area contributed by atoms with Gasteiger partial charge in [-0.15, -0.1) is 0 Å². The van der Waals surface area contributed by atoms with Crippen LogP contribution < -0.4 is 10.6 Å². The largest absolute Gasteiger partial charge is 0.370 e. The van der Waals surface area contributed by atoms with Crippen LogP contribution in [0.3, 0.4) is 0 Å². The lowest BCUT2D eigenvalue weighted by Gasteiger charge is -2.20. The second-order valence-electron chi connectivity index (χ2n) is 4.67. The van der Waals surface area contributed by atoms with Gasteiger partial charge in [0.25, 0.3) is 0 Å². The lowest BCUT2D eigenvalue weighted by Crippen LogP contribution is -2.24. The molecule has 0 spiro atoms. The monoisotopic (exact) mass is 266 g/mol. The van der Waals surface area contributed by atoms with Crippen LogP contribution in [0.4, 0.5) is 17.3 Å². The predicted octanol–water partition coefficient (Wildman–Crippen LogP) is 3.27. The number of aromatic nitrogens is 1. The molecule has 0 aromatic carbocycles. The van der Waals surface area contributed by atoms with E-state index in [1.54, 1.807) is 6.07 Å². The SMILES string of the molecule is CCNc1ccc([N+](=O)[O-])c(NC(C)C(C)CC)n1. The summed E-state index contributed by atoms with van der Waals surface area (Å²) >= 11 is 0. The highest BCUT2D eigenvalue weighted by atomic mass is 16.6. The molecule has 0 amide bonds. The number of nitro groups is 1. The molecule has 19 heavy (non-hydrogen) atoms. The predicted molar refractivity (Wildman–Crippen MR) is 77.6 cm³/mol. The van der Waals surface area contributed by atoms with E-state index in [9.17, 15) is 10.1 Å². The van der Waals surface area contributed by atoms with Crippen LogP contribution in [0.1, 0.15) is 34.1 Å². The van der Waals surface area contributed by atoms with Gasteiger partial charge in [0.05, 0.1) is 4.92 Å². The molecule has 0 radical (unpaired) electrons. The van der Waals surface area contributed by atoms with Gasteiger partial charge in [-0.2, -0.15) is 0 Å². The van der Waals surface area contributed by atoms with Crippen LogP contribution in [-0.4, -0.2) is 22.5 Å².